The lowest BCUT2D eigenvalue weighted by Crippen LogP contribution is -2.19. The lowest BCUT2D eigenvalue weighted by Gasteiger charge is -2.27. The summed E-state index contributed by atoms with van der Waals surface area (Å²) in [6, 6.07) is 25.6. The molecule has 0 bridgehead atoms. The molecule has 0 aromatic heterocycles. The topological polar surface area (TPSA) is 6.48 Å². The predicted molar refractivity (Wildman–Crippen MR) is 216 cm³/mol. The first-order valence-electron chi connectivity index (χ1n) is 16.1. The Morgan fingerprint density at radius 3 is 1.19 bits per heavy atom. The van der Waals surface area contributed by atoms with Gasteiger partial charge in [0.15, 0.2) is 0 Å². The summed E-state index contributed by atoms with van der Waals surface area (Å²) in [5, 5.41) is 0. The first-order valence-corrected chi connectivity index (χ1v) is 16.1. The molecule has 3 aromatic carbocycles. The predicted octanol–water partition coefficient (Wildman–Crippen LogP) is 13.1. The van der Waals surface area contributed by atoms with Crippen LogP contribution < -0.4 is 9.80 Å². The number of hydrogen-bond donors (Lipinski definition) is 0. The summed E-state index contributed by atoms with van der Waals surface area (Å²) in [4.78, 5) is 4.36. The molecule has 0 saturated carbocycles. The van der Waals surface area contributed by atoms with Crippen LogP contribution in [0.15, 0.2) is 195 Å². The molecule has 0 unspecified atom stereocenters. The quantitative estimate of drug-likeness (QED) is 0.115. The molecule has 3 aromatic rings. The fourth-order valence-electron chi connectivity index (χ4n) is 5.10. The van der Waals surface area contributed by atoms with E-state index in [1.165, 1.54) is 0 Å². The summed E-state index contributed by atoms with van der Waals surface area (Å²) in [7, 11) is 0. The van der Waals surface area contributed by atoms with Crippen LogP contribution in [0.3, 0.4) is 0 Å². The third-order valence-electron chi connectivity index (χ3n) is 7.41. The Balaban J connectivity index is 1.73. The second kappa shape index (κ2) is 19.6. The lowest BCUT2D eigenvalue weighted by molar-refractivity contribution is 1.10. The highest BCUT2D eigenvalue weighted by Crippen LogP contribution is 2.28. The van der Waals surface area contributed by atoms with Crippen LogP contribution in [0.5, 0.6) is 0 Å². The first-order chi connectivity index (χ1) is 23.4. The van der Waals surface area contributed by atoms with Gasteiger partial charge in [0.2, 0.25) is 0 Å². The Morgan fingerprint density at radius 2 is 0.854 bits per heavy atom. The van der Waals surface area contributed by atoms with Crippen molar-refractivity contribution in [2.24, 2.45) is 0 Å². The largest absolute Gasteiger partial charge is 0.315 e. The van der Waals surface area contributed by atoms with Gasteiger partial charge in [-0.3, -0.25) is 0 Å². The zero-order valence-corrected chi connectivity index (χ0v) is 28.9. The maximum Gasteiger partial charge on any atom is 0.0458 e. The summed E-state index contributed by atoms with van der Waals surface area (Å²) in [6.45, 7) is 23.8. The Labute approximate surface area is 289 Å². The Morgan fingerprint density at radius 1 is 0.479 bits per heavy atom. The number of nitrogens with zero attached hydrogens (tertiary/aromatic N) is 2. The summed E-state index contributed by atoms with van der Waals surface area (Å²) >= 11 is 0. The standard InChI is InChI=1S/C46H48N2/c1-9-15-20-43(14-6)47(37(7)16-10-2)45-33-29-41(30-34-45)27-25-39-21-23-40(24-22-39)26-28-42-31-35-46(36-32-42)48(38(8)17-11-3)44(18-12-4)19-13-5/h9-36H,2-4,6H2,1,5,7-8H3/b15-9-,19-13-,27-25+,28-26+,37-16+,38-17+,43-20+,44-18+. The summed E-state index contributed by atoms with van der Waals surface area (Å²) in [5.41, 5.74) is 10.8. The molecular weight excluding hydrogens is 581 g/mol. The van der Waals surface area contributed by atoms with Crippen LogP contribution in [-0.2, 0) is 0 Å². The van der Waals surface area contributed by atoms with Gasteiger partial charge in [0, 0.05) is 34.2 Å². The third kappa shape index (κ3) is 10.6. The van der Waals surface area contributed by atoms with Gasteiger partial charge in [-0.25, -0.2) is 0 Å². The van der Waals surface area contributed by atoms with E-state index in [2.05, 4.69) is 159 Å². The van der Waals surface area contributed by atoms with Crippen LogP contribution in [0, 0.1) is 0 Å². The van der Waals surface area contributed by atoms with Gasteiger partial charge < -0.3 is 9.80 Å². The Hall–Kier alpha value is -5.86. The van der Waals surface area contributed by atoms with E-state index in [0.717, 1.165) is 56.4 Å². The molecule has 0 saturated heterocycles. The van der Waals surface area contributed by atoms with Crippen LogP contribution >= 0.6 is 0 Å². The summed E-state index contributed by atoms with van der Waals surface area (Å²) < 4.78 is 0. The molecule has 0 aliphatic rings. The van der Waals surface area contributed by atoms with E-state index in [4.69, 9.17) is 0 Å². The van der Waals surface area contributed by atoms with Gasteiger partial charge in [-0.1, -0.05) is 136 Å². The molecule has 242 valence electrons. The fourth-order valence-corrected chi connectivity index (χ4v) is 5.10. The van der Waals surface area contributed by atoms with Crippen molar-refractivity contribution in [2.45, 2.75) is 27.7 Å². The minimum atomic E-state index is 0.992. The van der Waals surface area contributed by atoms with Crippen LogP contribution in [0.25, 0.3) is 24.3 Å². The molecule has 2 nitrogen and oxygen atoms in total. The van der Waals surface area contributed by atoms with Crippen molar-refractivity contribution in [1.29, 1.82) is 0 Å². The maximum atomic E-state index is 4.03. The highest BCUT2D eigenvalue weighted by molar-refractivity contribution is 5.75. The molecule has 0 spiro atoms. The molecule has 0 aliphatic heterocycles. The summed E-state index contributed by atoms with van der Waals surface area (Å²) in [5.74, 6) is 0. The van der Waals surface area contributed by atoms with Crippen molar-refractivity contribution in [3.8, 4) is 0 Å². The highest BCUT2D eigenvalue weighted by atomic mass is 15.2. The zero-order valence-electron chi connectivity index (χ0n) is 28.9. The molecule has 0 fully saturated rings. The Bertz CT molecular complexity index is 1780. The van der Waals surface area contributed by atoms with Crippen molar-refractivity contribution < 1.29 is 0 Å². The molecule has 0 heterocycles. The molecule has 0 atom stereocenters. The minimum absolute atomic E-state index is 0.992. The minimum Gasteiger partial charge on any atom is -0.315 e. The molecule has 0 radical (unpaired) electrons. The molecule has 0 N–H and O–H groups in total. The van der Waals surface area contributed by atoms with E-state index in [0.29, 0.717) is 0 Å². The zero-order chi connectivity index (χ0) is 34.7. The van der Waals surface area contributed by atoms with Crippen molar-refractivity contribution >= 4 is 35.7 Å². The van der Waals surface area contributed by atoms with E-state index in [9.17, 15) is 0 Å². The van der Waals surface area contributed by atoms with Crippen molar-refractivity contribution in [2.75, 3.05) is 9.80 Å². The van der Waals surface area contributed by atoms with Crippen molar-refractivity contribution in [3.05, 3.63) is 217 Å². The van der Waals surface area contributed by atoms with Crippen molar-refractivity contribution in [3.63, 3.8) is 0 Å². The number of rotatable bonds is 16. The van der Waals surface area contributed by atoms with Gasteiger partial charge in [-0.15, -0.1) is 0 Å². The highest BCUT2D eigenvalue weighted by Gasteiger charge is 2.12. The number of anilines is 2. The SMILES string of the molecule is C=C/C=C(\C)N(/C(C=C)=C/C=C\C)c1ccc(/C=C/c2ccc(/C=C/c3ccc(N(/C(C)=C/C=C)C(/C=C\C)=C/C=C)cc3)cc2)cc1. The second-order valence-corrected chi connectivity index (χ2v) is 10.9. The molecule has 0 aliphatic carbocycles. The van der Waals surface area contributed by atoms with E-state index >= 15 is 0 Å². The third-order valence-corrected chi connectivity index (χ3v) is 7.41. The lowest BCUT2D eigenvalue weighted by atomic mass is 10.1. The molecule has 0 amide bonds. The number of hydrogen-bond acceptors (Lipinski definition) is 2. The van der Waals surface area contributed by atoms with E-state index in [1.54, 1.807) is 6.08 Å². The van der Waals surface area contributed by atoms with Gasteiger partial charge in [0.1, 0.15) is 0 Å². The molecule has 2 heteroatoms. The van der Waals surface area contributed by atoms with Crippen LogP contribution in [0.1, 0.15) is 49.9 Å². The number of allylic oxidation sites excluding steroid dienone is 14. The van der Waals surface area contributed by atoms with Gasteiger partial charge in [0.25, 0.3) is 0 Å². The average Bonchev–Trinajstić information content (AvgIpc) is 3.10. The smallest absolute Gasteiger partial charge is 0.0458 e. The van der Waals surface area contributed by atoms with Gasteiger partial charge >= 0.3 is 0 Å². The monoisotopic (exact) mass is 628 g/mol. The van der Waals surface area contributed by atoms with E-state index in [1.807, 2.05) is 68.5 Å². The van der Waals surface area contributed by atoms with E-state index in [-0.39, 0.29) is 0 Å². The normalized spacial score (nSPS) is 13.1. The van der Waals surface area contributed by atoms with Crippen LogP contribution in [0.2, 0.25) is 0 Å². The Kier molecular flexibility index (Phi) is 15.0. The van der Waals surface area contributed by atoms with Crippen LogP contribution in [-0.4, -0.2) is 0 Å². The molecular formula is C46H48N2. The molecule has 3 rings (SSSR count). The van der Waals surface area contributed by atoms with Crippen molar-refractivity contribution in [1.82, 2.24) is 0 Å². The van der Waals surface area contributed by atoms with Gasteiger partial charge in [-0.2, -0.15) is 0 Å². The van der Waals surface area contributed by atoms with E-state index < -0.39 is 0 Å². The van der Waals surface area contributed by atoms with Crippen LogP contribution in [0.4, 0.5) is 11.4 Å². The van der Waals surface area contributed by atoms with Gasteiger partial charge in [-0.05, 0) is 111 Å². The average molecular weight is 629 g/mol. The summed E-state index contributed by atoms with van der Waals surface area (Å²) in [6.07, 6.45) is 32.0. The second-order valence-electron chi connectivity index (χ2n) is 10.9. The first kappa shape index (κ1) is 36.6. The van der Waals surface area contributed by atoms with Gasteiger partial charge in [0.05, 0.1) is 0 Å². The fraction of sp³-hybridized carbons (Fsp3) is 0.0870. The number of benzene rings is 3. The maximum absolute atomic E-state index is 4.03. The molecule has 48 heavy (non-hydrogen) atoms.